The number of hydrogen-bond acceptors (Lipinski definition) is 3. The summed E-state index contributed by atoms with van der Waals surface area (Å²) in [4.78, 5) is 12.0. The number of carbonyl (C=O) groups is 1. The molecule has 2 fully saturated rings. The van der Waals surface area contributed by atoms with Crippen LogP contribution in [0.15, 0.2) is 0 Å². The first kappa shape index (κ1) is 11.9. The molecule has 0 spiro atoms. The number of hydrogen-bond donors (Lipinski definition) is 2. The standard InChI is InChI=1S/C12H22N2O2/c1-9-10(6-8-16-9)14-12(15)11-5-3-2-4-7-13-11/h9-11,13H,2-8H2,1H3,(H,14,15). The van der Waals surface area contributed by atoms with Crippen LogP contribution in [0.25, 0.3) is 0 Å². The van der Waals surface area contributed by atoms with Gasteiger partial charge < -0.3 is 15.4 Å². The molecule has 2 aliphatic rings. The molecule has 0 radical (unpaired) electrons. The summed E-state index contributed by atoms with van der Waals surface area (Å²) < 4.78 is 5.44. The molecule has 4 heteroatoms. The molecule has 0 aromatic rings. The molecule has 2 heterocycles. The van der Waals surface area contributed by atoms with Gasteiger partial charge in [0.2, 0.25) is 5.91 Å². The summed E-state index contributed by atoms with van der Waals surface area (Å²) in [7, 11) is 0. The smallest absolute Gasteiger partial charge is 0.237 e. The number of amides is 1. The van der Waals surface area contributed by atoms with Crippen LogP contribution in [0.5, 0.6) is 0 Å². The maximum absolute atomic E-state index is 12.0. The fraction of sp³-hybridized carbons (Fsp3) is 0.917. The largest absolute Gasteiger partial charge is 0.376 e. The highest BCUT2D eigenvalue weighted by Crippen LogP contribution is 2.14. The average molecular weight is 226 g/mol. The molecule has 0 saturated carbocycles. The predicted molar refractivity (Wildman–Crippen MR) is 62.2 cm³/mol. The van der Waals surface area contributed by atoms with Crippen molar-refractivity contribution in [1.82, 2.24) is 10.6 Å². The lowest BCUT2D eigenvalue weighted by molar-refractivity contribution is -0.124. The molecule has 2 saturated heterocycles. The van der Waals surface area contributed by atoms with Gasteiger partial charge in [-0.3, -0.25) is 4.79 Å². The van der Waals surface area contributed by atoms with E-state index >= 15 is 0 Å². The second kappa shape index (κ2) is 5.64. The Morgan fingerprint density at radius 2 is 2.19 bits per heavy atom. The molecule has 2 aliphatic heterocycles. The molecule has 2 rings (SSSR count). The maximum atomic E-state index is 12.0. The van der Waals surface area contributed by atoms with E-state index < -0.39 is 0 Å². The van der Waals surface area contributed by atoms with Gasteiger partial charge in [-0.15, -0.1) is 0 Å². The average Bonchev–Trinajstić information content (AvgIpc) is 2.57. The summed E-state index contributed by atoms with van der Waals surface area (Å²) in [6.45, 7) is 3.76. The van der Waals surface area contributed by atoms with Crippen molar-refractivity contribution < 1.29 is 9.53 Å². The highest BCUT2D eigenvalue weighted by molar-refractivity contribution is 5.82. The highest BCUT2D eigenvalue weighted by atomic mass is 16.5. The van der Waals surface area contributed by atoms with Crippen molar-refractivity contribution in [3.8, 4) is 0 Å². The van der Waals surface area contributed by atoms with Crippen molar-refractivity contribution in [2.45, 2.75) is 57.2 Å². The van der Waals surface area contributed by atoms with Gasteiger partial charge in [-0.1, -0.05) is 12.8 Å². The van der Waals surface area contributed by atoms with E-state index in [2.05, 4.69) is 10.6 Å². The first-order valence-corrected chi connectivity index (χ1v) is 6.43. The molecule has 0 bridgehead atoms. The van der Waals surface area contributed by atoms with Crippen LogP contribution in [-0.2, 0) is 9.53 Å². The van der Waals surface area contributed by atoms with E-state index in [1.54, 1.807) is 0 Å². The van der Waals surface area contributed by atoms with Gasteiger partial charge in [-0.25, -0.2) is 0 Å². The zero-order valence-electron chi connectivity index (χ0n) is 10.00. The molecule has 92 valence electrons. The van der Waals surface area contributed by atoms with Gasteiger partial charge in [-0.2, -0.15) is 0 Å². The van der Waals surface area contributed by atoms with E-state index in [0.717, 1.165) is 32.4 Å². The molecule has 4 nitrogen and oxygen atoms in total. The minimum absolute atomic E-state index is 0.00954. The van der Waals surface area contributed by atoms with Crippen LogP contribution in [0, 0.1) is 0 Å². The fourth-order valence-electron chi connectivity index (χ4n) is 2.46. The summed E-state index contributed by atoms with van der Waals surface area (Å²) in [6.07, 6.45) is 5.65. The Kier molecular flexibility index (Phi) is 4.18. The van der Waals surface area contributed by atoms with Crippen LogP contribution in [0.4, 0.5) is 0 Å². The predicted octanol–water partition coefficient (Wildman–Crippen LogP) is 0.812. The summed E-state index contributed by atoms with van der Waals surface area (Å²) in [5.74, 6) is 0.157. The van der Waals surface area contributed by atoms with E-state index in [1.165, 1.54) is 12.8 Å². The lowest BCUT2D eigenvalue weighted by Gasteiger charge is -2.21. The maximum Gasteiger partial charge on any atom is 0.237 e. The zero-order valence-corrected chi connectivity index (χ0v) is 10.00. The van der Waals surface area contributed by atoms with Crippen molar-refractivity contribution in [2.24, 2.45) is 0 Å². The summed E-state index contributed by atoms with van der Waals surface area (Å²) in [5.41, 5.74) is 0. The minimum Gasteiger partial charge on any atom is -0.376 e. The molecule has 1 amide bonds. The molecule has 0 aliphatic carbocycles. The summed E-state index contributed by atoms with van der Waals surface area (Å²) >= 11 is 0. The molecule has 0 aromatic heterocycles. The lowest BCUT2D eigenvalue weighted by atomic mass is 10.1. The Morgan fingerprint density at radius 3 is 2.94 bits per heavy atom. The third-order valence-electron chi connectivity index (χ3n) is 3.58. The molecule has 2 N–H and O–H groups in total. The van der Waals surface area contributed by atoms with Crippen molar-refractivity contribution in [2.75, 3.05) is 13.2 Å². The van der Waals surface area contributed by atoms with Crippen LogP contribution < -0.4 is 10.6 Å². The Morgan fingerprint density at radius 1 is 1.31 bits per heavy atom. The number of carbonyl (C=O) groups excluding carboxylic acids is 1. The van der Waals surface area contributed by atoms with Crippen LogP contribution >= 0.6 is 0 Å². The second-order valence-electron chi connectivity index (χ2n) is 4.84. The van der Waals surface area contributed by atoms with Crippen molar-refractivity contribution in [1.29, 1.82) is 0 Å². The second-order valence-corrected chi connectivity index (χ2v) is 4.84. The van der Waals surface area contributed by atoms with Gasteiger partial charge in [0, 0.05) is 6.61 Å². The van der Waals surface area contributed by atoms with E-state index in [-0.39, 0.29) is 24.1 Å². The SMILES string of the molecule is CC1OCCC1NC(=O)C1CCCCCN1. The van der Waals surface area contributed by atoms with Crippen LogP contribution in [0.3, 0.4) is 0 Å². The minimum atomic E-state index is 0.00954. The van der Waals surface area contributed by atoms with Crippen molar-refractivity contribution >= 4 is 5.91 Å². The third kappa shape index (κ3) is 2.95. The van der Waals surface area contributed by atoms with Crippen LogP contribution in [0.2, 0.25) is 0 Å². The van der Waals surface area contributed by atoms with Crippen molar-refractivity contribution in [3.63, 3.8) is 0 Å². The van der Waals surface area contributed by atoms with E-state index in [0.29, 0.717) is 0 Å². The molecular weight excluding hydrogens is 204 g/mol. The first-order valence-electron chi connectivity index (χ1n) is 6.43. The van der Waals surface area contributed by atoms with E-state index in [1.807, 2.05) is 6.92 Å². The molecule has 0 aromatic carbocycles. The van der Waals surface area contributed by atoms with E-state index in [4.69, 9.17) is 4.74 Å². The van der Waals surface area contributed by atoms with E-state index in [9.17, 15) is 4.79 Å². The molecule has 3 atom stereocenters. The number of rotatable bonds is 2. The first-order chi connectivity index (χ1) is 7.77. The van der Waals surface area contributed by atoms with Crippen LogP contribution in [-0.4, -0.2) is 37.2 Å². The highest BCUT2D eigenvalue weighted by Gasteiger charge is 2.28. The lowest BCUT2D eigenvalue weighted by Crippen LogP contribution is -2.49. The Labute approximate surface area is 97.1 Å². The fourth-order valence-corrected chi connectivity index (χ4v) is 2.46. The molecule has 16 heavy (non-hydrogen) atoms. The monoisotopic (exact) mass is 226 g/mol. The summed E-state index contributed by atoms with van der Waals surface area (Å²) in [5, 5.41) is 6.42. The third-order valence-corrected chi connectivity index (χ3v) is 3.58. The Bertz CT molecular complexity index is 237. The Balaban J connectivity index is 1.81. The normalized spacial score (nSPS) is 35.7. The quantitative estimate of drug-likeness (QED) is 0.732. The topological polar surface area (TPSA) is 50.4 Å². The number of ether oxygens (including phenoxy) is 1. The molecular formula is C12H22N2O2. The van der Waals surface area contributed by atoms with Crippen molar-refractivity contribution in [3.05, 3.63) is 0 Å². The van der Waals surface area contributed by atoms with Gasteiger partial charge >= 0.3 is 0 Å². The van der Waals surface area contributed by atoms with Gasteiger partial charge in [0.15, 0.2) is 0 Å². The zero-order chi connectivity index (χ0) is 11.4. The van der Waals surface area contributed by atoms with Gasteiger partial charge in [0.25, 0.3) is 0 Å². The number of nitrogens with one attached hydrogen (secondary N) is 2. The van der Waals surface area contributed by atoms with Crippen LogP contribution in [0.1, 0.15) is 39.0 Å². The van der Waals surface area contributed by atoms with Gasteiger partial charge in [0.1, 0.15) is 0 Å². The molecule has 3 unspecified atom stereocenters. The Hall–Kier alpha value is -0.610. The van der Waals surface area contributed by atoms with Gasteiger partial charge in [0.05, 0.1) is 18.2 Å². The van der Waals surface area contributed by atoms with Gasteiger partial charge in [-0.05, 0) is 32.7 Å². The summed E-state index contributed by atoms with van der Waals surface area (Å²) in [6, 6.07) is 0.216.